The van der Waals surface area contributed by atoms with Crippen molar-refractivity contribution < 1.29 is 4.79 Å². The third kappa shape index (κ3) is 3.72. The van der Waals surface area contributed by atoms with Crippen molar-refractivity contribution in [1.29, 1.82) is 0 Å². The molecule has 4 heterocycles. The van der Waals surface area contributed by atoms with Crippen LogP contribution in [0.3, 0.4) is 0 Å². The number of benzene rings is 1. The first-order valence-electron chi connectivity index (χ1n) is 10.5. The zero-order chi connectivity index (χ0) is 19.6. The van der Waals surface area contributed by atoms with E-state index in [1.54, 1.807) is 12.4 Å². The minimum atomic E-state index is -0.0682. The molecule has 2 amide bonds. The molecular weight excluding hydrogens is 366 g/mol. The molecule has 8 nitrogen and oxygen atoms in total. The van der Waals surface area contributed by atoms with Gasteiger partial charge in [0, 0.05) is 51.5 Å². The molecule has 1 atom stereocenters. The van der Waals surface area contributed by atoms with Crippen molar-refractivity contribution in [3.63, 3.8) is 0 Å². The molecule has 2 saturated heterocycles. The van der Waals surface area contributed by atoms with Gasteiger partial charge in [0.25, 0.3) is 0 Å². The summed E-state index contributed by atoms with van der Waals surface area (Å²) >= 11 is 0. The number of carbonyl (C=O) groups is 1. The van der Waals surface area contributed by atoms with Crippen LogP contribution in [0.25, 0.3) is 0 Å². The van der Waals surface area contributed by atoms with Crippen molar-refractivity contribution in [2.45, 2.75) is 18.9 Å². The SMILES string of the molecule is O=C(Nc1cnc(N2CCNCC2)nc1)N1CCCN2c3ccccc3CC2C1. The van der Waals surface area contributed by atoms with Gasteiger partial charge in [-0.05, 0) is 24.5 Å². The first-order valence-corrected chi connectivity index (χ1v) is 10.5. The van der Waals surface area contributed by atoms with Crippen molar-refractivity contribution in [2.75, 3.05) is 60.9 Å². The van der Waals surface area contributed by atoms with Gasteiger partial charge in [-0.25, -0.2) is 14.8 Å². The summed E-state index contributed by atoms with van der Waals surface area (Å²) < 4.78 is 0. The number of piperazine rings is 1. The minimum absolute atomic E-state index is 0.0682. The Hall–Kier alpha value is -2.87. The highest BCUT2D eigenvalue weighted by atomic mass is 16.2. The van der Waals surface area contributed by atoms with Crippen LogP contribution in [-0.4, -0.2) is 72.8 Å². The van der Waals surface area contributed by atoms with Crippen molar-refractivity contribution in [2.24, 2.45) is 0 Å². The van der Waals surface area contributed by atoms with Crippen LogP contribution >= 0.6 is 0 Å². The number of rotatable bonds is 2. The van der Waals surface area contributed by atoms with E-state index >= 15 is 0 Å². The second kappa shape index (κ2) is 7.87. The van der Waals surface area contributed by atoms with Crippen LogP contribution in [0.5, 0.6) is 0 Å². The predicted molar refractivity (Wildman–Crippen MR) is 114 cm³/mol. The molecule has 1 aromatic heterocycles. The van der Waals surface area contributed by atoms with Gasteiger partial charge in [-0.3, -0.25) is 0 Å². The average Bonchev–Trinajstić information content (AvgIpc) is 2.97. The highest BCUT2D eigenvalue weighted by Gasteiger charge is 2.33. The van der Waals surface area contributed by atoms with Crippen LogP contribution in [0.2, 0.25) is 0 Å². The zero-order valence-corrected chi connectivity index (χ0v) is 16.5. The molecule has 0 aliphatic carbocycles. The molecule has 5 rings (SSSR count). The topological polar surface area (TPSA) is 76.6 Å². The minimum Gasteiger partial charge on any atom is -0.366 e. The van der Waals surface area contributed by atoms with E-state index < -0.39 is 0 Å². The van der Waals surface area contributed by atoms with Gasteiger partial charge in [0.2, 0.25) is 5.95 Å². The molecule has 0 spiro atoms. The van der Waals surface area contributed by atoms with Gasteiger partial charge in [0.1, 0.15) is 0 Å². The number of carbonyl (C=O) groups excluding carboxylic acids is 1. The lowest BCUT2D eigenvalue weighted by atomic mass is 10.1. The van der Waals surface area contributed by atoms with Crippen LogP contribution < -0.4 is 20.4 Å². The molecule has 2 fully saturated rings. The summed E-state index contributed by atoms with van der Waals surface area (Å²) in [5, 5.41) is 6.31. The third-order valence-electron chi connectivity index (χ3n) is 6.03. The zero-order valence-electron chi connectivity index (χ0n) is 16.5. The normalized spacial score (nSPS) is 21.4. The summed E-state index contributed by atoms with van der Waals surface area (Å²) in [6, 6.07) is 8.88. The van der Waals surface area contributed by atoms with E-state index in [0.29, 0.717) is 11.7 Å². The van der Waals surface area contributed by atoms with E-state index in [9.17, 15) is 4.79 Å². The van der Waals surface area contributed by atoms with Gasteiger partial charge < -0.3 is 25.3 Å². The molecular formula is C21H27N7O. The molecule has 2 N–H and O–H groups in total. The second-order valence-corrected chi connectivity index (χ2v) is 7.92. The van der Waals surface area contributed by atoms with Gasteiger partial charge >= 0.3 is 6.03 Å². The maximum atomic E-state index is 12.9. The first kappa shape index (κ1) is 18.2. The summed E-state index contributed by atoms with van der Waals surface area (Å²) in [5.41, 5.74) is 3.36. The highest BCUT2D eigenvalue weighted by molar-refractivity contribution is 5.89. The molecule has 8 heteroatoms. The molecule has 29 heavy (non-hydrogen) atoms. The summed E-state index contributed by atoms with van der Waals surface area (Å²) in [7, 11) is 0. The van der Waals surface area contributed by atoms with Crippen LogP contribution in [-0.2, 0) is 6.42 Å². The summed E-state index contributed by atoms with van der Waals surface area (Å²) in [4.78, 5) is 28.3. The highest BCUT2D eigenvalue weighted by Crippen LogP contribution is 2.33. The Morgan fingerprint density at radius 3 is 2.69 bits per heavy atom. The van der Waals surface area contributed by atoms with Crippen LogP contribution in [0.4, 0.5) is 22.1 Å². The standard InChI is InChI=1S/C21H27N7O/c29-21(25-17-13-23-20(24-14-17)26-10-6-22-7-11-26)27-8-3-9-28-18(15-27)12-16-4-1-2-5-19(16)28/h1-2,4-5,13-14,18,22H,3,6-12,15H2,(H,25,29). The van der Waals surface area contributed by atoms with Gasteiger partial charge in [-0.1, -0.05) is 18.2 Å². The van der Waals surface area contributed by atoms with Crippen LogP contribution in [0.1, 0.15) is 12.0 Å². The number of nitrogens with zero attached hydrogens (tertiary/aromatic N) is 5. The lowest BCUT2D eigenvalue weighted by molar-refractivity contribution is 0.211. The summed E-state index contributed by atoms with van der Waals surface area (Å²) in [6.45, 7) is 6.19. The number of hydrogen-bond acceptors (Lipinski definition) is 6. The first-order chi connectivity index (χ1) is 14.3. The summed E-state index contributed by atoms with van der Waals surface area (Å²) in [5.74, 6) is 0.721. The lowest BCUT2D eigenvalue weighted by Gasteiger charge is -2.28. The molecule has 3 aliphatic heterocycles. The lowest BCUT2D eigenvalue weighted by Crippen LogP contribution is -2.44. The number of aromatic nitrogens is 2. The molecule has 0 saturated carbocycles. The molecule has 1 aromatic carbocycles. The Morgan fingerprint density at radius 2 is 1.86 bits per heavy atom. The van der Waals surface area contributed by atoms with E-state index in [1.165, 1.54) is 11.3 Å². The second-order valence-electron chi connectivity index (χ2n) is 7.92. The van der Waals surface area contributed by atoms with Gasteiger partial charge in [0.05, 0.1) is 24.1 Å². The van der Waals surface area contributed by atoms with Crippen molar-refractivity contribution in [3.8, 4) is 0 Å². The fourth-order valence-electron chi connectivity index (χ4n) is 4.57. The van der Waals surface area contributed by atoms with E-state index in [-0.39, 0.29) is 6.03 Å². The van der Waals surface area contributed by atoms with E-state index in [4.69, 9.17) is 0 Å². The quantitative estimate of drug-likeness (QED) is 0.806. The number of nitrogens with one attached hydrogen (secondary N) is 2. The molecule has 2 aromatic rings. The van der Waals surface area contributed by atoms with Crippen molar-refractivity contribution in [3.05, 3.63) is 42.2 Å². The molecule has 0 radical (unpaired) electrons. The Kier molecular flexibility index (Phi) is 4.93. The smallest absolute Gasteiger partial charge is 0.322 e. The number of urea groups is 1. The Labute approximate surface area is 170 Å². The fraction of sp³-hybridized carbons (Fsp3) is 0.476. The number of para-hydroxylation sites is 1. The maximum absolute atomic E-state index is 12.9. The average molecular weight is 393 g/mol. The Bertz CT molecular complexity index is 866. The molecule has 152 valence electrons. The van der Waals surface area contributed by atoms with Gasteiger partial charge in [-0.15, -0.1) is 0 Å². The molecule has 0 bridgehead atoms. The summed E-state index contributed by atoms with van der Waals surface area (Å²) in [6.07, 6.45) is 5.38. The van der Waals surface area contributed by atoms with E-state index in [2.05, 4.69) is 54.7 Å². The van der Waals surface area contributed by atoms with Gasteiger partial charge in [0.15, 0.2) is 0 Å². The number of amides is 2. The third-order valence-corrected chi connectivity index (χ3v) is 6.03. The maximum Gasteiger partial charge on any atom is 0.322 e. The Morgan fingerprint density at radius 1 is 1.07 bits per heavy atom. The largest absolute Gasteiger partial charge is 0.366 e. The van der Waals surface area contributed by atoms with E-state index in [0.717, 1.165) is 64.6 Å². The van der Waals surface area contributed by atoms with Crippen molar-refractivity contribution in [1.82, 2.24) is 20.2 Å². The predicted octanol–water partition coefficient (Wildman–Crippen LogP) is 1.56. The van der Waals surface area contributed by atoms with Crippen molar-refractivity contribution >= 4 is 23.4 Å². The molecule has 1 unspecified atom stereocenters. The van der Waals surface area contributed by atoms with Gasteiger partial charge in [-0.2, -0.15) is 0 Å². The Balaban J connectivity index is 1.22. The van der Waals surface area contributed by atoms with Crippen LogP contribution in [0, 0.1) is 0 Å². The fourth-order valence-corrected chi connectivity index (χ4v) is 4.57. The van der Waals surface area contributed by atoms with Crippen LogP contribution in [0.15, 0.2) is 36.7 Å². The number of hydrogen-bond donors (Lipinski definition) is 2. The number of anilines is 3. The number of fused-ring (bicyclic) bond motifs is 3. The molecule has 3 aliphatic rings. The monoisotopic (exact) mass is 393 g/mol. The van der Waals surface area contributed by atoms with E-state index in [1.807, 2.05) is 4.90 Å².